The van der Waals surface area contributed by atoms with Crippen LogP contribution in [0.5, 0.6) is 0 Å². The summed E-state index contributed by atoms with van der Waals surface area (Å²) >= 11 is 6.58. The zero-order valence-corrected chi connectivity index (χ0v) is 15.3. The quantitative estimate of drug-likeness (QED) is 0.722. The largest absolute Gasteiger partial charge is 0.439 e. The number of halogens is 1. The van der Waals surface area contributed by atoms with Crippen LogP contribution in [0.2, 0.25) is 5.02 Å². The zero-order chi connectivity index (χ0) is 17.6. The molecule has 0 unspecified atom stereocenters. The van der Waals surface area contributed by atoms with Gasteiger partial charge in [0.25, 0.3) is 0 Å². The fourth-order valence-corrected chi connectivity index (χ4v) is 3.72. The van der Waals surface area contributed by atoms with Crippen molar-refractivity contribution in [2.45, 2.75) is 20.0 Å². The first kappa shape index (κ1) is 16.2. The molecule has 1 aliphatic rings. The third kappa shape index (κ3) is 2.71. The van der Waals surface area contributed by atoms with E-state index in [1.54, 1.807) is 0 Å². The Morgan fingerprint density at radius 1 is 1.08 bits per heavy atom. The molecule has 4 rings (SSSR count). The van der Waals surface area contributed by atoms with Crippen molar-refractivity contribution in [2.24, 2.45) is 0 Å². The van der Waals surface area contributed by atoms with Gasteiger partial charge in [-0.15, -0.1) is 0 Å². The van der Waals surface area contributed by atoms with Crippen LogP contribution in [0.4, 0.5) is 5.69 Å². The van der Waals surface area contributed by atoms with Gasteiger partial charge in [0.15, 0.2) is 0 Å². The van der Waals surface area contributed by atoms with E-state index in [1.807, 2.05) is 31.3 Å². The number of anilines is 1. The lowest BCUT2D eigenvalue weighted by molar-refractivity contribution is 0.325. The Kier molecular flexibility index (Phi) is 4.02. The highest BCUT2D eigenvalue weighted by molar-refractivity contribution is 6.36. The molecule has 0 fully saturated rings. The molecule has 0 atom stereocenters. The highest BCUT2D eigenvalue weighted by Gasteiger charge is 2.24. The monoisotopic (exact) mass is 353 g/mol. The van der Waals surface area contributed by atoms with Gasteiger partial charge < -0.3 is 9.73 Å². The summed E-state index contributed by atoms with van der Waals surface area (Å²) in [6.45, 7) is 3.75. The normalized spacial score (nSPS) is 13.9. The van der Waals surface area contributed by atoms with E-state index < -0.39 is 0 Å². The number of benzene rings is 2. The van der Waals surface area contributed by atoms with Gasteiger partial charge in [0, 0.05) is 24.7 Å². The molecular weight excluding hydrogens is 334 g/mol. The third-order valence-electron chi connectivity index (χ3n) is 4.73. The maximum Gasteiger partial charge on any atom is 0.226 e. The number of aromatic nitrogens is 1. The van der Waals surface area contributed by atoms with Crippen molar-refractivity contribution in [1.82, 2.24) is 9.88 Å². The van der Waals surface area contributed by atoms with Crippen LogP contribution in [-0.2, 0) is 13.1 Å². The molecule has 0 aliphatic carbocycles. The van der Waals surface area contributed by atoms with Gasteiger partial charge in [-0.2, -0.15) is 0 Å². The molecule has 2 aromatic carbocycles. The topological polar surface area (TPSA) is 41.3 Å². The second-order valence-corrected chi connectivity index (χ2v) is 6.83. The summed E-state index contributed by atoms with van der Waals surface area (Å²) < 4.78 is 6.03. The SMILES string of the molecule is CNc1cccc(-c2cccc(-c3nc4c(o3)CN(C)C4)c2C)c1Cl. The van der Waals surface area contributed by atoms with Crippen LogP contribution in [0.3, 0.4) is 0 Å². The predicted octanol–water partition coefficient (Wildman–Crippen LogP) is 4.96. The molecule has 0 amide bonds. The van der Waals surface area contributed by atoms with E-state index in [-0.39, 0.29) is 0 Å². The van der Waals surface area contributed by atoms with Crippen molar-refractivity contribution in [2.75, 3.05) is 19.4 Å². The van der Waals surface area contributed by atoms with Gasteiger partial charge in [-0.05, 0) is 37.2 Å². The summed E-state index contributed by atoms with van der Waals surface area (Å²) in [6.07, 6.45) is 0. The number of hydrogen-bond donors (Lipinski definition) is 1. The van der Waals surface area contributed by atoms with Crippen molar-refractivity contribution in [3.05, 3.63) is 58.4 Å². The second kappa shape index (κ2) is 6.21. The highest BCUT2D eigenvalue weighted by atomic mass is 35.5. The number of nitrogens with one attached hydrogen (secondary N) is 1. The molecule has 0 saturated heterocycles. The molecule has 1 N–H and O–H groups in total. The summed E-state index contributed by atoms with van der Waals surface area (Å²) in [5, 5.41) is 3.86. The molecule has 1 aliphatic heterocycles. The van der Waals surface area contributed by atoms with Crippen molar-refractivity contribution in [1.29, 1.82) is 0 Å². The van der Waals surface area contributed by atoms with Gasteiger partial charge in [0.1, 0.15) is 5.76 Å². The zero-order valence-electron chi connectivity index (χ0n) is 14.6. The summed E-state index contributed by atoms with van der Waals surface area (Å²) in [5.41, 5.74) is 6.19. The van der Waals surface area contributed by atoms with Gasteiger partial charge >= 0.3 is 0 Å². The van der Waals surface area contributed by atoms with Crippen LogP contribution in [0.25, 0.3) is 22.6 Å². The lowest BCUT2D eigenvalue weighted by Crippen LogP contribution is -2.08. The highest BCUT2D eigenvalue weighted by Crippen LogP contribution is 2.38. The van der Waals surface area contributed by atoms with Crippen LogP contribution < -0.4 is 5.32 Å². The number of rotatable bonds is 3. The van der Waals surface area contributed by atoms with Gasteiger partial charge in [0.2, 0.25) is 5.89 Å². The lowest BCUT2D eigenvalue weighted by Gasteiger charge is -2.13. The van der Waals surface area contributed by atoms with Crippen LogP contribution >= 0.6 is 11.6 Å². The van der Waals surface area contributed by atoms with E-state index in [1.165, 1.54) is 0 Å². The number of hydrogen-bond acceptors (Lipinski definition) is 4. The van der Waals surface area contributed by atoms with E-state index in [9.17, 15) is 0 Å². The standard InChI is InChI=1S/C20H20ClN3O/c1-12-13(15-8-5-9-16(22-2)19(15)21)6-4-7-14(12)20-23-17-10-24(3)11-18(17)25-20/h4-9,22H,10-11H2,1-3H3. The summed E-state index contributed by atoms with van der Waals surface area (Å²) in [6, 6.07) is 12.2. The Hall–Kier alpha value is -2.30. The average Bonchev–Trinajstić information content (AvgIpc) is 3.13. The minimum atomic E-state index is 0.693. The fourth-order valence-electron chi connectivity index (χ4n) is 3.39. The molecule has 0 radical (unpaired) electrons. The number of nitrogens with zero attached hydrogens (tertiary/aromatic N) is 2. The van der Waals surface area contributed by atoms with Gasteiger partial charge in [-0.3, -0.25) is 4.90 Å². The van der Waals surface area contributed by atoms with Crippen molar-refractivity contribution >= 4 is 17.3 Å². The number of oxazole rings is 1. The maximum absolute atomic E-state index is 6.58. The first-order valence-electron chi connectivity index (χ1n) is 8.32. The molecule has 1 aromatic heterocycles. The molecule has 0 bridgehead atoms. The molecule has 128 valence electrons. The fraction of sp³-hybridized carbons (Fsp3) is 0.250. The molecule has 25 heavy (non-hydrogen) atoms. The van der Waals surface area contributed by atoms with E-state index >= 15 is 0 Å². The summed E-state index contributed by atoms with van der Waals surface area (Å²) in [5.74, 6) is 1.66. The summed E-state index contributed by atoms with van der Waals surface area (Å²) in [4.78, 5) is 6.90. The van der Waals surface area contributed by atoms with Crippen LogP contribution in [-0.4, -0.2) is 24.0 Å². The third-order valence-corrected chi connectivity index (χ3v) is 5.14. The predicted molar refractivity (Wildman–Crippen MR) is 102 cm³/mol. The smallest absolute Gasteiger partial charge is 0.226 e. The van der Waals surface area contributed by atoms with Crippen LogP contribution in [0, 0.1) is 6.92 Å². The average molecular weight is 354 g/mol. The molecule has 0 saturated carbocycles. The molecule has 4 nitrogen and oxygen atoms in total. The van der Waals surface area contributed by atoms with Gasteiger partial charge in [-0.1, -0.05) is 35.9 Å². The minimum absolute atomic E-state index is 0.693. The molecule has 2 heterocycles. The van der Waals surface area contributed by atoms with Crippen molar-refractivity contribution < 1.29 is 4.42 Å². The van der Waals surface area contributed by atoms with Crippen molar-refractivity contribution in [3.8, 4) is 22.6 Å². The maximum atomic E-state index is 6.58. The van der Waals surface area contributed by atoms with Gasteiger partial charge in [0.05, 0.1) is 22.9 Å². The first-order valence-corrected chi connectivity index (χ1v) is 8.70. The van der Waals surface area contributed by atoms with Crippen LogP contribution in [0.15, 0.2) is 40.8 Å². The Bertz CT molecular complexity index is 925. The van der Waals surface area contributed by atoms with Crippen LogP contribution in [0.1, 0.15) is 17.0 Å². The first-order chi connectivity index (χ1) is 12.1. The summed E-state index contributed by atoms with van der Waals surface area (Å²) in [7, 11) is 3.94. The van der Waals surface area contributed by atoms with Gasteiger partial charge in [-0.25, -0.2) is 4.98 Å². The minimum Gasteiger partial charge on any atom is -0.439 e. The molecule has 0 spiro atoms. The van der Waals surface area contributed by atoms with E-state index in [0.29, 0.717) is 5.89 Å². The second-order valence-electron chi connectivity index (χ2n) is 6.46. The Morgan fingerprint density at radius 3 is 2.56 bits per heavy atom. The molecule has 5 heteroatoms. The Balaban J connectivity index is 1.81. The Morgan fingerprint density at radius 2 is 1.80 bits per heavy atom. The number of fused-ring (bicyclic) bond motifs is 1. The molecular formula is C20H20ClN3O. The van der Waals surface area contributed by atoms with E-state index in [0.717, 1.165) is 57.5 Å². The Labute approximate surface area is 152 Å². The van der Waals surface area contributed by atoms with E-state index in [4.69, 9.17) is 21.0 Å². The van der Waals surface area contributed by atoms with Crippen molar-refractivity contribution in [3.63, 3.8) is 0 Å². The molecule has 3 aromatic rings. The van der Waals surface area contributed by atoms with E-state index in [2.05, 4.69) is 36.3 Å². The lowest BCUT2D eigenvalue weighted by atomic mass is 9.96.